The number of hydrogen-bond donors (Lipinski definition) is 1. The third-order valence-corrected chi connectivity index (χ3v) is 2.72. The average Bonchev–Trinajstić information content (AvgIpc) is 2.31. The Labute approximate surface area is 97.1 Å². The molecule has 82 valence electrons. The lowest BCUT2D eigenvalue weighted by Gasteiger charge is -2.07. The number of rotatable bonds is 3. The van der Waals surface area contributed by atoms with E-state index < -0.39 is 0 Å². The van der Waals surface area contributed by atoms with Crippen molar-refractivity contribution in [3.05, 3.63) is 54.1 Å². The highest BCUT2D eigenvalue weighted by molar-refractivity contribution is 5.68. The molecule has 0 atom stereocenters. The summed E-state index contributed by atoms with van der Waals surface area (Å²) in [6.45, 7) is 5.21. The zero-order valence-electron chi connectivity index (χ0n) is 9.83. The van der Waals surface area contributed by atoms with Gasteiger partial charge in [0.1, 0.15) is 0 Å². The summed E-state index contributed by atoms with van der Waals surface area (Å²) in [6, 6.07) is 17.1. The first-order valence-electron chi connectivity index (χ1n) is 5.71. The van der Waals surface area contributed by atoms with E-state index in [0.29, 0.717) is 0 Å². The van der Waals surface area contributed by atoms with Crippen LogP contribution >= 0.6 is 0 Å². The maximum atomic E-state index is 3.30. The van der Waals surface area contributed by atoms with Gasteiger partial charge in [0, 0.05) is 12.2 Å². The smallest absolute Gasteiger partial charge is 0.0340 e. The second kappa shape index (κ2) is 4.84. The van der Waals surface area contributed by atoms with E-state index in [2.05, 4.69) is 67.7 Å². The molecule has 0 bridgehead atoms. The monoisotopic (exact) mass is 211 g/mol. The zero-order valence-corrected chi connectivity index (χ0v) is 9.83. The van der Waals surface area contributed by atoms with Gasteiger partial charge in [-0.25, -0.2) is 0 Å². The summed E-state index contributed by atoms with van der Waals surface area (Å²) in [4.78, 5) is 0. The molecule has 0 spiro atoms. The normalized spacial score (nSPS) is 10.1. The molecule has 0 aliphatic carbocycles. The van der Waals surface area contributed by atoms with Crippen molar-refractivity contribution < 1.29 is 0 Å². The lowest BCUT2D eigenvalue weighted by Crippen LogP contribution is -1.95. The van der Waals surface area contributed by atoms with E-state index in [1.807, 2.05) is 0 Å². The maximum absolute atomic E-state index is 3.30. The molecule has 0 aromatic heterocycles. The fourth-order valence-corrected chi connectivity index (χ4v) is 1.87. The topological polar surface area (TPSA) is 12.0 Å². The SMILES string of the molecule is CCNc1ccc(-c2ccccc2C)cc1. The molecule has 0 aliphatic rings. The van der Waals surface area contributed by atoms with Gasteiger partial charge in [0.15, 0.2) is 0 Å². The summed E-state index contributed by atoms with van der Waals surface area (Å²) in [5.74, 6) is 0. The minimum absolute atomic E-state index is 0.962. The molecule has 0 unspecified atom stereocenters. The van der Waals surface area contributed by atoms with E-state index in [4.69, 9.17) is 0 Å². The van der Waals surface area contributed by atoms with Crippen LogP contribution in [0.25, 0.3) is 11.1 Å². The summed E-state index contributed by atoms with van der Waals surface area (Å²) in [6.07, 6.45) is 0. The number of benzene rings is 2. The van der Waals surface area contributed by atoms with Crippen molar-refractivity contribution in [3.8, 4) is 11.1 Å². The molecular weight excluding hydrogens is 194 g/mol. The highest BCUT2D eigenvalue weighted by Gasteiger charge is 2.00. The first-order chi connectivity index (χ1) is 7.81. The maximum Gasteiger partial charge on any atom is 0.0340 e. The third kappa shape index (κ3) is 2.25. The van der Waals surface area contributed by atoms with Crippen molar-refractivity contribution in [3.63, 3.8) is 0 Å². The molecule has 1 heteroatoms. The van der Waals surface area contributed by atoms with Crippen molar-refractivity contribution in [1.29, 1.82) is 0 Å². The quantitative estimate of drug-likeness (QED) is 0.806. The van der Waals surface area contributed by atoms with Gasteiger partial charge in [-0.15, -0.1) is 0 Å². The van der Waals surface area contributed by atoms with Crippen LogP contribution in [0.15, 0.2) is 48.5 Å². The van der Waals surface area contributed by atoms with Gasteiger partial charge in [-0.1, -0.05) is 36.4 Å². The van der Waals surface area contributed by atoms with Crippen molar-refractivity contribution in [2.45, 2.75) is 13.8 Å². The Balaban J connectivity index is 2.31. The predicted octanol–water partition coefficient (Wildman–Crippen LogP) is 4.09. The Morgan fingerprint density at radius 1 is 0.938 bits per heavy atom. The van der Waals surface area contributed by atoms with E-state index in [-0.39, 0.29) is 0 Å². The van der Waals surface area contributed by atoms with Crippen LogP contribution in [-0.2, 0) is 0 Å². The van der Waals surface area contributed by atoms with Crippen LogP contribution in [0.1, 0.15) is 12.5 Å². The average molecular weight is 211 g/mol. The molecule has 0 heterocycles. The van der Waals surface area contributed by atoms with E-state index >= 15 is 0 Å². The second-order valence-corrected chi connectivity index (χ2v) is 3.92. The van der Waals surface area contributed by atoms with Gasteiger partial charge < -0.3 is 5.32 Å². The molecule has 0 saturated carbocycles. The number of nitrogens with one attached hydrogen (secondary N) is 1. The summed E-state index contributed by atoms with van der Waals surface area (Å²) in [7, 11) is 0. The molecule has 1 nitrogen and oxygen atoms in total. The fraction of sp³-hybridized carbons (Fsp3) is 0.200. The largest absolute Gasteiger partial charge is 0.385 e. The van der Waals surface area contributed by atoms with Gasteiger partial charge in [0.05, 0.1) is 0 Å². The van der Waals surface area contributed by atoms with Gasteiger partial charge in [0.2, 0.25) is 0 Å². The summed E-state index contributed by atoms with van der Waals surface area (Å²) < 4.78 is 0. The Hall–Kier alpha value is -1.76. The van der Waals surface area contributed by atoms with E-state index in [9.17, 15) is 0 Å². The lowest BCUT2D eigenvalue weighted by molar-refractivity contribution is 1.21. The van der Waals surface area contributed by atoms with E-state index in [0.717, 1.165) is 6.54 Å². The molecule has 2 aromatic carbocycles. The zero-order chi connectivity index (χ0) is 11.4. The van der Waals surface area contributed by atoms with Crippen LogP contribution in [0.4, 0.5) is 5.69 Å². The van der Waals surface area contributed by atoms with Gasteiger partial charge in [-0.3, -0.25) is 0 Å². The van der Waals surface area contributed by atoms with Gasteiger partial charge >= 0.3 is 0 Å². The fourth-order valence-electron chi connectivity index (χ4n) is 1.87. The molecule has 0 radical (unpaired) electrons. The number of hydrogen-bond acceptors (Lipinski definition) is 1. The molecule has 0 aliphatic heterocycles. The highest BCUT2D eigenvalue weighted by atomic mass is 14.8. The Morgan fingerprint density at radius 2 is 1.62 bits per heavy atom. The Kier molecular flexibility index (Phi) is 3.25. The van der Waals surface area contributed by atoms with Crippen LogP contribution in [0.3, 0.4) is 0 Å². The van der Waals surface area contributed by atoms with Crippen LogP contribution in [0.2, 0.25) is 0 Å². The molecule has 0 saturated heterocycles. The van der Waals surface area contributed by atoms with E-state index in [1.54, 1.807) is 0 Å². The lowest BCUT2D eigenvalue weighted by atomic mass is 10.0. The number of anilines is 1. The Morgan fingerprint density at radius 3 is 2.25 bits per heavy atom. The molecular formula is C15H17N. The van der Waals surface area contributed by atoms with Gasteiger partial charge in [0.25, 0.3) is 0 Å². The molecule has 2 aromatic rings. The molecule has 1 N–H and O–H groups in total. The van der Waals surface area contributed by atoms with Crippen molar-refractivity contribution in [2.24, 2.45) is 0 Å². The molecule has 16 heavy (non-hydrogen) atoms. The minimum Gasteiger partial charge on any atom is -0.385 e. The molecule has 2 rings (SSSR count). The first kappa shape index (κ1) is 10.7. The minimum atomic E-state index is 0.962. The van der Waals surface area contributed by atoms with Crippen molar-refractivity contribution >= 4 is 5.69 Å². The summed E-state index contributed by atoms with van der Waals surface area (Å²) in [5.41, 5.74) is 5.09. The number of aryl methyl sites for hydroxylation is 1. The van der Waals surface area contributed by atoms with Gasteiger partial charge in [-0.05, 0) is 42.7 Å². The second-order valence-electron chi connectivity index (χ2n) is 3.92. The summed E-state index contributed by atoms with van der Waals surface area (Å²) in [5, 5.41) is 3.30. The predicted molar refractivity (Wildman–Crippen MR) is 70.8 cm³/mol. The van der Waals surface area contributed by atoms with Crippen molar-refractivity contribution in [2.75, 3.05) is 11.9 Å². The van der Waals surface area contributed by atoms with Crippen LogP contribution in [0, 0.1) is 6.92 Å². The summed E-state index contributed by atoms with van der Waals surface area (Å²) >= 11 is 0. The van der Waals surface area contributed by atoms with Crippen molar-refractivity contribution in [1.82, 2.24) is 0 Å². The third-order valence-electron chi connectivity index (χ3n) is 2.72. The van der Waals surface area contributed by atoms with Crippen LogP contribution < -0.4 is 5.32 Å². The van der Waals surface area contributed by atoms with Gasteiger partial charge in [-0.2, -0.15) is 0 Å². The van der Waals surface area contributed by atoms with E-state index in [1.165, 1.54) is 22.4 Å². The molecule has 0 amide bonds. The highest BCUT2D eigenvalue weighted by Crippen LogP contribution is 2.24. The first-order valence-corrected chi connectivity index (χ1v) is 5.71. The standard InChI is InChI=1S/C15H17N/c1-3-16-14-10-8-13(9-11-14)15-7-5-4-6-12(15)2/h4-11,16H,3H2,1-2H3. The molecule has 0 fully saturated rings. The van der Waals surface area contributed by atoms with Crippen LogP contribution in [-0.4, -0.2) is 6.54 Å². The van der Waals surface area contributed by atoms with Crippen LogP contribution in [0.5, 0.6) is 0 Å². The Bertz CT molecular complexity index is 457.